The van der Waals surface area contributed by atoms with Crippen LogP contribution in [0.25, 0.3) is 5.65 Å². The summed E-state index contributed by atoms with van der Waals surface area (Å²) in [7, 11) is 0. The molecule has 3 rings (SSSR count). The van der Waals surface area contributed by atoms with Crippen molar-refractivity contribution in [3.05, 3.63) is 66.1 Å². The van der Waals surface area contributed by atoms with E-state index in [1.165, 1.54) is 0 Å². The highest BCUT2D eigenvalue weighted by atomic mass is 16.3. The number of aromatic hydroxyl groups is 1. The van der Waals surface area contributed by atoms with E-state index in [4.69, 9.17) is 0 Å². The van der Waals surface area contributed by atoms with Crippen LogP contribution >= 0.6 is 0 Å². The van der Waals surface area contributed by atoms with E-state index in [1.54, 1.807) is 12.1 Å². The van der Waals surface area contributed by atoms with E-state index in [0.717, 1.165) is 29.7 Å². The van der Waals surface area contributed by atoms with Crippen LogP contribution in [0, 0.1) is 0 Å². The highest BCUT2D eigenvalue weighted by Gasteiger charge is 2.08. The summed E-state index contributed by atoms with van der Waals surface area (Å²) >= 11 is 0. The van der Waals surface area contributed by atoms with Gasteiger partial charge >= 0.3 is 6.03 Å². The topological polar surface area (TPSA) is 78.7 Å². The second-order valence-corrected chi connectivity index (χ2v) is 6.13. The summed E-state index contributed by atoms with van der Waals surface area (Å²) < 4.78 is 1.93. The lowest BCUT2D eigenvalue weighted by molar-refractivity contribution is 0.236. The van der Waals surface area contributed by atoms with Gasteiger partial charge in [0, 0.05) is 18.4 Å². The normalized spacial score (nSPS) is 12.0. The van der Waals surface area contributed by atoms with Crippen LogP contribution in [0.4, 0.5) is 4.79 Å². The molecule has 0 radical (unpaired) electrons. The fourth-order valence-corrected chi connectivity index (χ4v) is 2.64. The standard InChI is InChI=1S/C19H22N4O2/c1-14(5-6-15-7-9-17(24)10-8-15)21-19(25)20-12-16-13-23-11-3-2-4-18(23)22-16/h2-4,7-11,13-14,24H,5-6,12H2,1H3,(H2,20,21,25). The van der Waals surface area contributed by atoms with Gasteiger partial charge in [-0.15, -0.1) is 0 Å². The van der Waals surface area contributed by atoms with Crippen molar-refractivity contribution in [2.75, 3.05) is 0 Å². The summed E-state index contributed by atoms with van der Waals surface area (Å²) in [5, 5.41) is 15.0. The molecule has 2 aromatic heterocycles. The van der Waals surface area contributed by atoms with Crippen LogP contribution in [0.3, 0.4) is 0 Å². The number of rotatable bonds is 6. The number of phenolic OH excluding ortho intramolecular Hbond substituents is 1. The molecule has 0 saturated heterocycles. The van der Waals surface area contributed by atoms with E-state index in [9.17, 15) is 9.90 Å². The molecule has 1 unspecified atom stereocenters. The summed E-state index contributed by atoms with van der Waals surface area (Å²) in [5.41, 5.74) is 2.82. The number of imidazole rings is 1. The lowest BCUT2D eigenvalue weighted by atomic mass is 10.1. The van der Waals surface area contributed by atoms with E-state index in [-0.39, 0.29) is 17.8 Å². The van der Waals surface area contributed by atoms with Crippen LogP contribution in [0.15, 0.2) is 54.9 Å². The Labute approximate surface area is 146 Å². The summed E-state index contributed by atoms with van der Waals surface area (Å²) in [6.45, 7) is 2.36. The summed E-state index contributed by atoms with van der Waals surface area (Å²) in [6, 6.07) is 12.8. The van der Waals surface area contributed by atoms with Gasteiger partial charge in [-0.25, -0.2) is 9.78 Å². The molecule has 2 amide bonds. The summed E-state index contributed by atoms with van der Waals surface area (Å²) in [6.07, 6.45) is 5.50. The minimum atomic E-state index is -0.199. The molecule has 0 aliphatic carbocycles. The summed E-state index contributed by atoms with van der Waals surface area (Å²) in [5.74, 6) is 0.265. The molecule has 6 nitrogen and oxygen atoms in total. The lowest BCUT2D eigenvalue weighted by Crippen LogP contribution is -2.40. The molecular formula is C19H22N4O2. The second-order valence-electron chi connectivity index (χ2n) is 6.13. The summed E-state index contributed by atoms with van der Waals surface area (Å²) in [4.78, 5) is 16.5. The number of pyridine rings is 1. The molecule has 1 aromatic carbocycles. The minimum absolute atomic E-state index is 0.0508. The maximum absolute atomic E-state index is 12.0. The molecule has 2 heterocycles. The van der Waals surface area contributed by atoms with Crippen molar-refractivity contribution < 1.29 is 9.90 Å². The zero-order valence-electron chi connectivity index (χ0n) is 14.1. The van der Waals surface area contributed by atoms with Crippen LogP contribution in [0.5, 0.6) is 5.75 Å². The van der Waals surface area contributed by atoms with Gasteiger partial charge in [-0.1, -0.05) is 18.2 Å². The first-order valence-electron chi connectivity index (χ1n) is 8.35. The number of benzene rings is 1. The average molecular weight is 338 g/mol. The van der Waals surface area contributed by atoms with Crippen molar-refractivity contribution in [3.8, 4) is 5.75 Å². The molecule has 0 fully saturated rings. The van der Waals surface area contributed by atoms with E-state index in [1.807, 2.05) is 54.0 Å². The maximum atomic E-state index is 12.0. The Morgan fingerprint density at radius 2 is 2.04 bits per heavy atom. The van der Waals surface area contributed by atoms with E-state index < -0.39 is 0 Å². The third kappa shape index (κ3) is 4.73. The maximum Gasteiger partial charge on any atom is 0.315 e. The van der Waals surface area contributed by atoms with Crippen LogP contribution in [-0.4, -0.2) is 26.6 Å². The number of aryl methyl sites for hydroxylation is 1. The molecule has 3 aromatic rings. The first-order chi connectivity index (χ1) is 12.1. The van der Waals surface area contributed by atoms with Gasteiger partial charge in [0.05, 0.1) is 12.2 Å². The number of carbonyl (C=O) groups is 1. The van der Waals surface area contributed by atoms with Crippen molar-refractivity contribution >= 4 is 11.7 Å². The number of fused-ring (bicyclic) bond motifs is 1. The third-order valence-electron chi connectivity index (χ3n) is 4.02. The number of urea groups is 1. The van der Waals surface area contributed by atoms with Crippen LogP contribution < -0.4 is 10.6 Å². The molecule has 0 saturated carbocycles. The number of aromatic nitrogens is 2. The van der Waals surface area contributed by atoms with Gasteiger partial charge < -0.3 is 20.1 Å². The Balaban J connectivity index is 1.42. The third-order valence-corrected chi connectivity index (χ3v) is 4.02. The van der Waals surface area contributed by atoms with Crippen LogP contribution in [0.2, 0.25) is 0 Å². The van der Waals surface area contributed by atoms with Gasteiger partial charge in [-0.2, -0.15) is 0 Å². The van der Waals surface area contributed by atoms with Gasteiger partial charge in [0.1, 0.15) is 11.4 Å². The first-order valence-corrected chi connectivity index (χ1v) is 8.35. The number of hydrogen-bond acceptors (Lipinski definition) is 3. The van der Waals surface area contributed by atoms with E-state index in [0.29, 0.717) is 6.54 Å². The van der Waals surface area contributed by atoms with E-state index in [2.05, 4.69) is 15.6 Å². The number of phenols is 1. The van der Waals surface area contributed by atoms with Crippen molar-refractivity contribution in [1.82, 2.24) is 20.0 Å². The molecule has 0 bridgehead atoms. The Hall–Kier alpha value is -3.02. The van der Waals surface area contributed by atoms with Crippen molar-refractivity contribution in [1.29, 1.82) is 0 Å². The predicted octanol–water partition coefficient (Wildman–Crippen LogP) is 2.86. The smallest absolute Gasteiger partial charge is 0.315 e. The minimum Gasteiger partial charge on any atom is -0.508 e. The SMILES string of the molecule is CC(CCc1ccc(O)cc1)NC(=O)NCc1cn2ccccc2n1. The van der Waals surface area contributed by atoms with Gasteiger partial charge in [-0.3, -0.25) is 0 Å². The molecule has 130 valence electrons. The van der Waals surface area contributed by atoms with Gasteiger partial charge in [0.2, 0.25) is 0 Å². The molecule has 25 heavy (non-hydrogen) atoms. The monoisotopic (exact) mass is 338 g/mol. The average Bonchev–Trinajstić information content (AvgIpc) is 3.02. The number of nitrogens with zero attached hydrogens (tertiary/aromatic N) is 2. The largest absolute Gasteiger partial charge is 0.508 e. The van der Waals surface area contributed by atoms with Gasteiger partial charge in [0.25, 0.3) is 0 Å². The Morgan fingerprint density at radius 3 is 2.80 bits per heavy atom. The van der Waals surface area contributed by atoms with Crippen molar-refractivity contribution in [2.45, 2.75) is 32.4 Å². The van der Waals surface area contributed by atoms with Gasteiger partial charge in [0.15, 0.2) is 0 Å². The molecule has 3 N–H and O–H groups in total. The highest BCUT2D eigenvalue weighted by Crippen LogP contribution is 2.12. The van der Waals surface area contributed by atoms with E-state index >= 15 is 0 Å². The van der Waals surface area contributed by atoms with Gasteiger partial charge in [-0.05, 0) is 49.6 Å². The number of nitrogens with one attached hydrogen (secondary N) is 2. The molecule has 0 aliphatic heterocycles. The molecular weight excluding hydrogens is 316 g/mol. The zero-order valence-corrected chi connectivity index (χ0v) is 14.1. The number of amides is 2. The predicted molar refractivity (Wildman–Crippen MR) is 96.5 cm³/mol. The van der Waals surface area contributed by atoms with Crippen molar-refractivity contribution in [3.63, 3.8) is 0 Å². The Morgan fingerprint density at radius 1 is 1.24 bits per heavy atom. The Bertz CT molecular complexity index is 809. The second kappa shape index (κ2) is 7.70. The molecule has 0 spiro atoms. The number of carbonyl (C=O) groups excluding carboxylic acids is 1. The van der Waals surface area contributed by atoms with Crippen molar-refractivity contribution in [2.24, 2.45) is 0 Å². The first kappa shape index (κ1) is 16.8. The molecule has 6 heteroatoms. The quantitative estimate of drug-likeness (QED) is 0.647. The number of hydrogen-bond donors (Lipinski definition) is 3. The molecule has 1 atom stereocenters. The fraction of sp³-hybridized carbons (Fsp3) is 0.263. The lowest BCUT2D eigenvalue weighted by Gasteiger charge is -2.14. The highest BCUT2D eigenvalue weighted by molar-refractivity contribution is 5.74. The zero-order chi connectivity index (χ0) is 17.6. The van der Waals surface area contributed by atoms with Crippen LogP contribution in [-0.2, 0) is 13.0 Å². The molecule has 0 aliphatic rings. The Kier molecular flexibility index (Phi) is 5.18. The fourth-order valence-electron chi connectivity index (χ4n) is 2.64. The van der Waals surface area contributed by atoms with Crippen LogP contribution in [0.1, 0.15) is 24.6 Å².